The zero-order valence-corrected chi connectivity index (χ0v) is 11.1. The molecule has 0 aromatic heterocycles. The lowest BCUT2D eigenvalue weighted by molar-refractivity contribution is -0.164. The molecule has 6 nitrogen and oxygen atoms in total. The average molecular weight is 273 g/mol. The highest BCUT2D eigenvalue weighted by molar-refractivity contribution is 8.14. The summed E-state index contributed by atoms with van der Waals surface area (Å²) in [7, 11) is 1.70. The topological polar surface area (TPSA) is 77.3 Å². The first-order valence-corrected chi connectivity index (χ1v) is 7.21. The number of aliphatic hydroxyl groups is 2. The summed E-state index contributed by atoms with van der Waals surface area (Å²) in [5.74, 6) is 0. The van der Waals surface area contributed by atoms with E-state index in [2.05, 4.69) is 15.2 Å². The van der Waals surface area contributed by atoms with Gasteiger partial charge in [0.15, 0.2) is 5.17 Å². The largest absolute Gasteiger partial charge is 0.388 e. The first-order valence-electron chi connectivity index (χ1n) is 6.33. The van der Waals surface area contributed by atoms with Crippen molar-refractivity contribution in [2.24, 2.45) is 4.99 Å². The number of aliphatic imine (C=N–C) groups is 1. The van der Waals surface area contributed by atoms with Crippen molar-refractivity contribution in [1.29, 1.82) is 0 Å². The number of nitrogens with zero attached hydrogens (tertiary/aromatic N) is 2. The Hall–Kier alpha value is -0.340. The zero-order valence-electron chi connectivity index (χ0n) is 10.3. The first-order chi connectivity index (χ1) is 8.69. The van der Waals surface area contributed by atoms with Crippen molar-refractivity contribution >= 4 is 16.9 Å². The van der Waals surface area contributed by atoms with E-state index in [4.69, 9.17) is 4.74 Å². The highest BCUT2D eigenvalue weighted by atomic mass is 32.2. The van der Waals surface area contributed by atoms with Gasteiger partial charge in [-0.3, -0.25) is 4.99 Å². The van der Waals surface area contributed by atoms with Crippen molar-refractivity contribution in [2.45, 2.75) is 36.2 Å². The standard InChI is InChI=1S/C11H19N3O3S/c1-12-11-13-7-9(16)8(15)6(17-10(7)18-11)5-14-3-2-4-14/h6-10,15-16H,2-5H2,1H3,(H,12,13)/t6-,7-,8-,9-,10-/m1/s1. The van der Waals surface area contributed by atoms with Crippen LogP contribution in [-0.2, 0) is 4.74 Å². The minimum atomic E-state index is -0.837. The van der Waals surface area contributed by atoms with E-state index in [0.29, 0.717) is 6.54 Å². The fourth-order valence-corrected chi connectivity index (χ4v) is 3.66. The smallest absolute Gasteiger partial charge is 0.159 e. The number of aliphatic hydroxyl groups excluding tert-OH is 2. The minimum absolute atomic E-state index is 0.159. The molecule has 0 aromatic carbocycles. The summed E-state index contributed by atoms with van der Waals surface area (Å²) in [6.45, 7) is 2.81. The van der Waals surface area contributed by atoms with Crippen molar-refractivity contribution in [3.05, 3.63) is 0 Å². The highest BCUT2D eigenvalue weighted by Crippen LogP contribution is 2.34. The number of hydrogen-bond acceptors (Lipinski definition) is 6. The predicted octanol–water partition coefficient (Wildman–Crippen LogP) is -1.17. The Morgan fingerprint density at radius 3 is 2.83 bits per heavy atom. The zero-order chi connectivity index (χ0) is 12.7. The van der Waals surface area contributed by atoms with Gasteiger partial charge in [0.05, 0.1) is 6.04 Å². The normalized spacial score (nSPS) is 46.6. The molecular formula is C11H19N3O3S. The van der Waals surface area contributed by atoms with Crippen molar-refractivity contribution in [1.82, 2.24) is 10.2 Å². The Bertz CT molecular complexity index is 350. The van der Waals surface area contributed by atoms with E-state index in [-0.39, 0.29) is 17.6 Å². The third kappa shape index (κ3) is 2.14. The van der Waals surface area contributed by atoms with Gasteiger partial charge in [0.2, 0.25) is 0 Å². The second-order valence-electron chi connectivity index (χ2n) is 5.00. The second-order valence-corrected chi connectivity index (χ2v) is 6.08. The van der Waals surface area contributed by atoms with Crippen LogP contribution in [-0.4, -0.2) is 76.8 Å². The Morgan fingerprint density at radius 1 is 1.44 bits per heavy atom. The summed E-state index contributed by atoms with van der Waals surface area (Å²) >= 11 is 1.48. The summed E-state index contributed by atoms with van der Waals surface area (Å²) in [5.41, 5.74) is -0.159. The summed E-state index contributed by atoms with van der Waals surface area (Å²) in [4.78, 5) is 6.31. The van der Waals surface area contributed by atoms with Crippen LogP contribution in [0.3, 0.4) is 0 Å². The summed E-state index contributed by atoms with van der Waals surface area (Å²) < 4.78 is 5.90. The van der Waals surface area contributed by atoms with E-state index < -0.39 is 12.2 Å². The molecular weight excluding hydrogens is 254 g/mol. The number of amidine groups is 1. The monoisotopic (exact) mass is 273 g/mol. The third-order valence-electron chi connectivity index (χ3n) is 3.81. The van der Waals surface area contributed by atoms with Crippen LogP contribution in [0.15, 0.2) is 4.99 Å². The number of thioether (sulfide) groups is 1. The van der Waals surface area contributed by atoms with E-state index in [1.54, 1.807) is 7.05 Å². The molecule has 0 aliphatic carbocycles. The van der Waals surface area contributed by atoms with Crippen LogP contribution < -0.4 is 5.32 Å². The van der Waals surface area contributed by atoms with Crippen LogP contribution in [0.2, 0.25) is 0 Å². The molecule has 5 atom stereocenters. The molecule has 3 rings (SSSR count). The van der Waals surface area contributed by atoms with Gasteiger partial charge in [-0.15, -0.1) is 0 Å². The maximum Gasteiger partial charge on any atom is 0.159 e. The fraction of sp³-hybridized carbons (Fsp3) is 0.909. The molecule has 3 saturated heterocycles. The molecule has 3 heterocycles. The number of rotatable bonds is 2. The number of fused-ring (bicyclic) bond motifs is 1. The molecule has 7 heteroatoms. The van der Waals surface area contributed by atoms with Gasteiger partial charge >= 0.3 is 0 Å². The van der Waals surface area contributed by atoms with E-state index in [1.807, 2.05) is 0 Å². The molecule has 0 bridgehead atoms. The maximum absolute atomic E-state index is 10.2. The first kappa shape index (κ1) is 12.7. The molecule has 18 heavy (non-hydrogen) atoms. The molecule has 3 aliphatic heterocycles. The molecule has 102 valence electrons. The molecule has 3 N–H and O–H groups in total. The molecule has 3 aliphatic rings. The van der Waals surface area contributed by atoms with Gasteiger partial charge in [-0.25, -0.2) is 0 Å². The van der Waals surface area contributed by atoms with Crippen molar-refractivity contribution in [3.8, 4) is 0 Å². The lowest BCUT2D eigenvalue weighted by atomic mass is 9.97. The van der Waals surface area contributed by atoms with Crippen molar-refractivity contribution in [2.75, 3.05) is 26.7 Å². The van der Waals surface area contributed by atoms with Gasteiger partial charge in [-0.1, -0.05) is 11.8 Å². The number of ether oxygens (including phenoxy) is 1. The van der Waals surface area contributed by atoms with Gasteiger partial charge in [0, 0.05) is 13.6 Å². The maximum atomic E-state index is 10.2. The summed E-state index contributed by atoms with van der Waals surface area (Å²) in [5, 5.41) is 24.1. The van der Waals surface area contributed by atoms with E-state index >= 15 is 0 Å². The van der Waals surface area contributed by atoms with E-state index in [1.165, 1.54) is 18.2 Å². The Balaban J connectivity index is 1.67. The van der Waals surface area contributed by atoms with Gasteiger partial charge in [0.25, 0.3) is 0 Å². The van der Waals surface area contributed by atoms with Crippen molar-refractivity contribution < 1.29 is 14.9 Å². The van der Waals surface area contributed by atoms with Gasteiger partial charge in [0.1, 0.15) is 23.7 Å². The Morgan fingerprint density at radius 2 is 2.22 bits per heavy atom. The fourth-order valence-electron chi connectivity index (χ4n) is 2.56. The van der Waals surface area contributed by atoms with Crippen LogP contribution in [0.5, 0.6) is 0 Å². The van der Waals surface area contributed by atoms with Crippen molar-refractivity contribution in [3.63, 3.8) is 0 Å². The summed E-state index contributed by atoms with van der Waals surface area (Å²) in [6, 6.07) is -0.267. The van der Waals surface area contributed by atoms with Gasteiger partial charge in [-0.2, -0.15) is 0 Å². The SMILES string of the molecule is CN=C1N[C@@H]2[C@@H](O)[C@H](O)[C@@H](CN3CCC3)O[C@@H]2S1. The van der Waals surface area contributed by atoms with E-state index in [0.717, 1.165) is 18.3 Å². The molecule has 0 radical (unpaired) electrons. The Kier molecular flexibility index (Phi) is 3.50. The lowest BCUT2D eigenvalue weighted by Gasteiger charge is -2.42. The second kappa shape index (κ2) is 4.97. The van der Waals surface area contributed by atoms with E-state index in [9.17, 15) is 10.2 Å². The molecule has 0 saturated carbocycles. The van der Waals surface area contributed by atoms with Crippen LogP contribution in [0.1, 0.15) is 6.42 Å². The molecule has 0 unspecified atom stereocenters. The highest BCUT2D eigenvalue weighted by Gasteiger charge is 2.49. The van der Waals surface area contributed by atoms with Gasteiger partial charge in [-0.05, 0) is 19.5 Å². The predicted molar refractivity (Wildman–Crippen MR) is 69.6 cm³/mol. The van der Waals surface area contributed by atoms with Gasteiger partial charge < -0.3 is 25.2 Å². The minimum Gasteiger partial charge on any atom is -0.388 e. The number of likely N-dealkylation sites (tertiary alicyclic amines) is 1. The van der Waals surface area contributed by atoms with Crippen LogP contribution in [0.25, 0.3) is 0 Å². The molecule has 3 fully saturated rings. The summed E-state index contributed by atoms with van der Waals surface area (Å²) in [6.07, 6.45) is -0.745. The van der Waals surface area contributed by atoms with Crippen LogP contribution >= 0.6 is 11.8 Å². The Labute approximate surface area is 110 Å². The lowest BCUT2D eigenvalue weighted by Crippen LogP contribution is -2.61. The van der Waals surface area contributed by atoms with Crippen LogP contribution in [0, 0.1) is 0 Å². The quantitative estimate of drug-likeness (QED) is 0.588. The molecule has 0 aromatic rings. The molecule has 0 spiro atoms. The average Bonchev–Trinajstić information content (AvgIpc) is 2.73. The molecule has 0 amide bonds. The van der Waals surface area contributed by atoms with Crippen LogP contribution in [0.4, 0.5) is 0 Å². The third-order valence-corrected chi connectivity index (χ3v) is 4.97. The number of hydrogen-bond donors (Lipinski definition) is 3. The number of nitrogens with one attached hydrogen (secondary N) is 1.